The van der Waals surface area contributed by atoms with Gasteiger partial charge in [0.05, 0.1) is 4.88 Å². The minimum absolute atomic E-state index is 0. The number of ether oxygens (including phenoxy) is 2. The second-order valence-electron chi connectivity index (χ2n) is 6.38. The molecule has 2 aliphatic heterocycles. The highest BCUT2D eigenvalue weighted by Crippen LogP contribution is 2.37. The van der Waals surface area contributed by atoms with E-state index in [1.54, 1.807) is 11.3 Å². The van der Waals surface area contributed by atoms with Gasteiger partial charge < -0.3 is 19.7 Å². The van der Waals surface area contributed by atoms with Gasteiger partial charge in [-0.25, -0.2) is 0 Å². The molecule has 0 aliphatic carbocycles. The average molecular weight is 395 g/mol. The maximum atomic E-state index is 12.7. The van der Waals surface area contributed by atoms with Crippen LogP contribution >= 0.6 is 23.7 Å². The fourth-order valence-electron chi connectivity index (χ4n) is 3.33. The number of carbonyl (C=O) groups is 1. The van der Waals surface area contributed by atoms with Crippen molar-refractivity contribution >= 4 is 29.7 Å². The van der Waals surface area contributed by atoms with Gasteiger partial charge in [0, 0.05) is 24.0 Å². The minimum Gasteiger partial charge on any atom is -0.486 e. The van der Waals surface area contributed by atoms with Crippen molar-refractivity contribution in [2.24, 2.45) is 0 Å². The van der Waals surface area contributed by atoms with Gasteiger partial charge >= 0.3 is 0 Å². The smallest absolute Gasteiger partial charge is 0.263 e. The molecule has 3 heterocycles. The van der Waals surface area contributed by atoms with E-state index in [1.165, 1.54) is 0 Å². The Bertz CT molecular complexity index is 772. The molecule has 0 saturated carbocycles. The van der Waals surface area contributed by atoms with E-state index in [2.05, 4.69) is 5.32 Å². The van der Waals surface area contributed by atoms with Crippen LogP contribution in [0, 0.1) is 0 Å². The number of benzene rings is 1. The maximum absolute atomic E-state index is 12.7. The number of nitrogens with zero attached hydrogens (tertiary/aromatic N) is 1. The number of halogens is 1. The third-order valence-electron chi connectivity index (χ3n) is 4.83. The van der Waals surface area contributed by atoms with Gasteiger partial charge in [0.1, 0.15) is 13.2 Å². The molecular weight excluding hydrogens is 372 g/mol. The summed E-state index contributed by atoms with van der Waals surface area (Å²) in [4.78, 5) is 16.6. The Hall–Kier alpha value is -1.76. The zero-order chi connectivity index (χ0) is 17.2. The van der Waals surface area contributed by atoms with Crippen molar-refractivity contribution in [3.8, 4) is 21.9 Å². The highest BCUT2D eigenvalue weighted by atomic mass is 35.5. The molecule has 1 saturated heterocycles. The topological polar surface area (TPSA) is 50.8 Å². The van der Waals surface area contributed by atoms with Crippen molar-refractivity contribution in [2.75, 3.05) is 33.4 Å². The normalized spacial score (nSPS) is 16.9. The molecule has 2 aromatic rings. The van der Waals surface area contributed by atoms with Crippen LogP contribution in [0.2, 0.25) is 0 Å². The van der Waals surface area contributed by atoms with E-state index < -0.39 is 0 Å². The predicted octanol–water partition coefficient (Wildman–Crippen LogP) is 3.43. The van der Waals surface area contributed by atoms with Gasteiger partial charge in [-0.05, 0) is 55.8 Å². The lowest BCUT2D eigenvalue weighted by atomic mass is 10.1. The van der Waals surface area contributed by atoms with Gasteiger partial charge in [-0.2, -0.15) is 0 Å². The standard InChI is InChI=1S/C19H22N2O3S.ClH/c1-20-14-6-8-21(9-7-14)19(22)18-5-4-17(25-18)13-2-3-15-16(12-13)24-11-10-23-15;/h2-5,12,14,20H,6-11H2,1H3;1H. The molecule has 1 fully saturated rings. The van der Waals surface area contributed by atoms with Gasteiger partial charge in [-0.3, -0.25) is 4.79 Å². The number of fused-ring (bicyclic) bond motifs is 1. The van der Waals surface area contributed by atoms with E-state index in [9.17, 15) is 4.79 Å². The quantitative estimate of drug-likeness (QED) is 0.866. The number of hydrogen-bond donors (Lipinski definition) is 1. The van der Waals surface area contributed by atoms with Crippen molar-refractivity contribution < 1.29 is 14.3 Å². The van der Waals surface area contributed by atoms with E-state index in [1.807, 2.05) is 42.3 Å². The summed E-state index contributed by atoms with van der Waals surface area (Å²) in [7, 11) is 1.99. The first-order valence-electron chi connectivity index (χ1n) is 8.71. The Balaban J connectivity index is 0.00000196. The van der Waals surface area contributed by atoms with Crippen molar-refractivity contribution in [1.29, 1.82) is 0 Å². The molecule has 0 spiro atoms. The summed E-state index contributed by atoms with van der Waals surface area (Å²) in [6.07, 6.45) is 2.03. The Labute approximate surface area is 163 Å². The molecule has 4 rings (SSSR count). The molecule has 1 aromatic carbocycles. The first-order valence-corrected chi connectivity index (χ1v) is 9.52. The molecule has 2 aliphatic rings. The van der Waals surface area contributed by atoms with Gasteiger partial charge in [-0.1, -0.05) is 0 Å². The molecule has 5 nitrogen and oxygen atoms in total. The number of nitrogens with one attached hydrogen (secondary N) is 1. The van der Waals surface area contributed by atoms with Gasteiger partial charge in [0.25, 0.3) is 5.91 Å². The second kappa shape index (κ2) is 8.29. The molecule has 1 amide bonds. The third kappa shape index (κ3) is 3.82. The number of hydrogen-bond acceptors (Lipinski definition) is 5. The maximum Gasteiger partial charge on any atom is 0.263 e. The van der Waals surface area contributed by atoms with Crippen LogP contribution in [0.15, 0.2) is 30.3 Å². The summed E-state index contributed by atoms with van der Waals surface area (Å²) in [6, 6.07) is 10.4. The molecule has 1 aromatic heterocycles. The van der Waals surface area contributed by atoms with E-state index in [4.69, 9.17) is 9.47 Å². The second-order valence-corrected chi connectivity index (χ2v) is 7.46. The molecule has 7 heteroatoms. The number of amides is 1. The lowest BCUT2D eigenvalue weighted by Crippen LogP contribution is -2.43. The van der Waals surface area contributed by atoms with Crippen molar-refractivity contribution in [2.45, 2.75) is 18.9 Å². The molecule has 0 unspecified atom stereocenters. The number of likely N-dealkylation sites (tertiary alicyclic amines) is 1. The highest BCUT2D eigenvalue weighted by Gasteiger charge is 2.24. The van der Waals surface area contributed by atoms with E-state index >= 15 is 0 Å². The van der Waals surface area contributed by atoms with Crippen molar-refractivity contribution in [1.82, 2.24) is 10.2 Å². The van der Waals surface area contributed by atoms with Crippen LogP contribution in [-0.4, -0.2) is 50.2 Å². The van der Waals surface area contributed by atoms with Crippen LogP contribution < -0.4 is 14.8 Å². The lowest BCUT2D eigenvalue weighted by molar-refractivity contribution is 0.0712. The highest BCUT2D eigenvalue weighted by molar-refractivity contribution is 7.17. The van der Waals surface area contributed by atoms with Crippen molar-refractivity contribution in [3.05, 3.63) is 35.2 Å². The summed E-state index contributed by atoms with van der Waals surface area (Å²) < 4.78 is 11.2. The number of piperidine rings is 1. The fourth-order valence-corrected chi connectivity index (χ4v) is 4.30. The summed E-state index contributed by atoms with van der Waals surface area (Å²) in [6.45, 7) is 2.81. The zero-order valence-electron chi connectivity index (χ0n) is 14.7. The van der Waals surface area contributed by atoms with E-state index in [-0.39, 0.29) is 18.3 Å². The SMILES string of the molecule is CNC1CCN(C(=O)c2ccc(-c3ccc4c(c3)OCCO4)s2)CC1.Cl. The van der Waals surface area contributed by atoms with Gasteiger partial charge in [-0.15, -0.1) is 23.7 Å². The van der Waals surface area contributed by atoms with Crippen LogP contribution in [0.4, 0.5) is 0 Å². The largest absolute Gasteiger partial charge is 0.486 e. The van der Waals surface area contributed by atoms with Crippen LogP contribution in [0.25, 0.3) is 10.4 Å². The summed E-state index contributed by atoms with van der Waals surface area (Å²) >= 11 is 1.54. The first-order chi connectivity index (χ1) is 12.2. The Kier molecular flexibility index (Phi) is 6.06. The van der Waals surface area contributed by atoms with Crippen LogP contribution in [-0.2, 0) is 0 Å². The average Bonchev–Trinajstić information content (AvgIpc) is 3.17. The molecule has 140 valence electrons. The van der Waals surface area contributed by atoms with E-state index in [0.717, 1.165) is 52.7 Å². The monoisotopic (exact) mass is 394 g/mol. The Morgan fingerprint density at radius 1 is 1.12 bits per heavy atom. The summed E-state index contributed by atoms with van der Waals surface area (Å²) in [5.74, 6) is 1.71. The zero-order valence-corrected chi connectivity index (χ0v) is 16.3. The Morgan fingerprint density at radius 3 is 2.58 bits per heavy atom. The summed E-state index contributed by atoms with van der Waals surface area (Å²) in [5.41, 5.74) is 1.06. The fraction of sp³-hybridized carbons (Fsp3) is 0.421. The van der Waals surface area contributed by atoms with Gasteiger partial charge in [0.15, 0.2) is 11.5 Å². The Morgan fingerprint density at radius 2 is 1.85 bits per heavy atom. The lowest BCUT2D eigenvalue weighted by Gasteiger charge is -2.31. The molecule has 26 heavy (non-hydrogen) atoms. The summed E-state index contributed by atoms with van der Waals surface area (Å²) in [5, 5.41) is 3.30. The van der Waals surface area contributed by atoms with Crippen LogP contribution in [0.5, 0.6) is 11.5 Å². The molecule has 0 radical (unpaired) electrons. The predicted molar refractivity (Wildman–Crippen MR) is 106 cm³/mol. The molecule has 0 atom stereocenters. The first kappa shape index (κ1) is 19.0. The van der Waals surface area contributed by atoms with Crippen molar-refractivity contribution in [3.63, 3.8) is 0 Å². The third-order valence-corrected chi connectivity index (χ3v) is 5.96. The van der Waals surface area contributed by atoms with Gasteiger partial charge in [0.2, 0.25) is 0 Å². The van der Waals surface area contributed by atoms with E-state index in [0.29, 0.717) is 19.3 Å². The molecule has 0 bridgehead atoms. The molecule has 1 N–H and O–H groups in total. The number of carbonyl (C=O) groups excluding carboxylic acids is 1. The molecular formula is C19H23ClN2O3S. The minimum atomic E-state index is 0. The number of thiophene rings is 1. The van der Waals surface area contributed by atoms with Crippen LogP contribution in [0.1, 0.15) is 22.5 Å². The van der Waals surface area contributed by atoms with Crippen LogP contribution in [0.3, 0.4) is 0 Å². The number of rotatable bonds is 3.